The first kappa shape index (κ1) is 7.34. The Hall–Kier alpha value is -0.660. The van der Waals surface area contributed by atoms with Gasteiger partial charge in [-0.15, -0.1) is 0 Å². The van der Waals surface area contributed by atoms with Crippen molar-refractivity contribution in [2.75, 3.05) is 0 Å². The van der Waals surface area contributed by atoms with E-state index >= 15 is 0 Å². The van der Waals surface area contributed by atoms with Crippen LogP contribution in [-0.4, -0.2) is 6.29 Å². The lowest BCUT2D eigenvalue weighted by molar-refractivity contribution is -0.105. The molecule has 0 heterocycles. The van der Waals surface area contributed by atoms with Crippen molar-refractivity contribution >= 4 is 6.29 Å². The van der Waals surface area contributed by atoms with Crippen LogP contribution in [0.2, 0.25) is 0 Å². The molecule has 0 N–H and O–H groups in total. The molecule has 8 heavy (non-hydrogen) atoms. The van der Waals surface area contributed by atoms with Gasteiger partial charge in [-0.1, -0.05) is 6.92 Å². The molecule has 0 unspecified atom stereocenters. The molecule has 0 radical (unpaired) electrons. The molecule has 1 nitrogen and oxygen atoms in total. The molecule has 0 spiro atoms. The van der Waals surface area contributed by atoms with Crippen LogP contribution in [0.5, 0.6) is 0 Å². The first-order chi connectivity index (χ1) is 3.72. The average Bonchev–Trinajstić information content (AvgIpc) is 1.84. The van der Waals surface area contributed by atoms with Crippen molar-refractivity contribution in [3.8, 4) is 0 Å². The molecule has 46 valence electrons. The van der Waals surface area contributed by atoms with E-state index in [-0.39, 0.29) is 11.4 Å². The maximum Gasteiger partial charge on any atom is 0.148 e. The third-order valence-electron chi connectivity index (χ3n) is 0.915. The van der Waals surface area contributed by atoms with Gasteiger partial charge in [0.1, 0.15) is 12.1 Å². The van der Waals surface area contributed by atoms with E-state index in [9.17, 15) is 9.18 Å². The van der Waals surface area contributed by atoms with E-state index in [4.69, 9.17) is 0 Å². The number of halogens is 1. The van der Waals surface area contributed by atoms with E-state index in [0.29, 0.717) is 12.7 Å². The molecule has 0 aliphatic rings. The minimum atomic E-state index is -0.319. The summed E-state index contributed by atoms with van der Waals surface area (Å²) in [5, 5.41) is 0. The summed E-state index contributed by atoms with van der Waals surface area (Å²) in [6.45, 7) is 3.13. The van der Waals surface area contributed by atoms with Crippen molar-refractivity contribution < 1.29 is 9.18 Å². The van der Waals surface area contributed by atoms with Crippen LogP contribution >= 0.6 is 0 Å². The van der Waals surface area contributed by atoms with Crippen molar-refractivity contribution in [3.05, 3.63) is 11.4 Å². The second kappa shape index (κ2) is 3.36. The number of hydrogen-bond acceptors (Lipinski definition) is 1. The lowest BCUT2D eigenvalue weighted by Crippen LogP contribution is -1.80. The number of aldehydes is 1. The molecule has 0 aliphatic carbocycles. The predicted octanol–water partition coefficient (Wildman–Crippen LogP) is 1.84. The van der Waals surface area contributed by atoms with Crippen LogP contribution in [0.4, 0.5) is 4.39 Å². The van der Waals surface area contributed by atoms with Crippen molar-refractivity contribution in [3.63, 3.8) is 0 Å². The molecule has 0 aromatic rings. The summed E-state index contributed by atoms with van der Waals surface area (Å²) >= 11 is 0. The van der Waals surface area contributed by atoms with E-state index in [1.807, 2.05) is 0 Å². The lowest BCUT2D eigenvalue weighted by atomic mass is 10.2. The number of allylic oxidation sites excluding steroid dienone is 2. The third-order valence-corrected chi connectivity index (χ3v) is 0.915. The summed E-state index contributed by atoms with van der Waals surface area (Å²) in [4.78, 5) is 9.81. The van der Waals surface area contributed by atoms with E-state index < -0.39 is 0 Å². The highest BCUT2D eigenvalue weighted by Crippen LogP contribution is 2.05. The lowest BCUT2D eigenvalue weighted by Gasteiger charge is -1.88. The van der Waals surface area contributed by atoms with Gasteiger partial charge in [-0.2, -0.15) is 0 Å². The average molecular weight is 116 g/mol. The molecule has 0 amide bonds. The van der Waals surface area contributed by atoms with Gasteiger partial charge < -0.3 is 0 Å². The van der Waals surface area contributed by atoms with E-state index in [1.165, 1.54) is 6.92 Å². The number of carbonyl (C=O) groups excluding carboxylic acids is 1. The predicted molar refractivity (Wildman–Crippen MR) is 30.2 cm³/mol. The summed E-state index contributed by atoms with van der Waals surface area (Å²) in [5.41, 5.74) is 0.201. The zero-order chi connectivity index (χ0) is 6.57. The van der Waals surface area contributed by atoms with E-state index in [1.54, 1.807) is 6.92 Å². The fourth-order valence-electron chi connectivity index (χ4n) is 0.343. The van der Waals surface area contributed by atoms with Crippen LogP contribution in [0.15, 0.2) is 11.4 Å². The van der Waals surface area contributed by atoms with E-state index in [0.717, 1.165) is 0 Å². The fraction of sp³-hybridized carbons (Fsp3) is 0.500. The Morgan fingerprint density at radius 2 is 2.25 bits per heavy atom. The molecule has 2 heteroatoms. The summed E-state index contributed by atoms with van der Waals surface area (Å²) in [5.74, 6) is -0.319. The summed E-state index contributed by atoms with van der Waals surface area (Å²) in [6.07, 6.45) is 0.837. The normalized spacial score (nSPS) is 12.9. The van der Waals surface area contributed by atoms with Gasteiger partial charge >= 0.3 is 0 Å². The molecular formula is C6H9FO. The monoisotopic (exact) mass is 116 g/mol. The largest absolute Gasteiger partial charge is 0.298 e. The quantitative estimate of drug-likeness (QED) is 0.397. The highest BCUT2D eigenvalue weighted by atomic mass is 19.1. The van der Waals surface area contributed by atoms with Crippen LogP contribution in [0.1, 0.15) is 20.3 Å². The first-order valence-corrected chi connectivity index (χ1v) is 2.52. The molecule has 0 saturated carbocycles. The molecule has 0 saturated heterocycles. The summed E-state index contributed by atoms with van der Waals surface area (Å²) in [7, 11) is 0. The maximum absolute atomic E-state index is 12.2. The Morgan fingerprint density at radius 1 is 1.75 bits per heavy atom. The van der Waals surface area contributed by atoms with E-state index in [2.05, 4.69) is 0 Å². The number of hydrogen-bond donors (Lipinski definition) is 0. The molecule has 0 aromatic heterocycles. The van der Waals surface area contributed by atoms with Crippen LogP contribution in [0, 0.1) is 0 Å². The molecule has 0 rings (SSSR count). The Morgan fingerprint density at radius 3 is 2.38 bits per heavy atom. The van der Waals surface area contributed by atoms with Gasteiger partial charge in [0, 0.05) is 5.57 Å². The van der Waals surface area contributed by atoms with Gasteiger partial charge in [0.2, 0.25) is 0 Å². The molecule has 0 atom stereocenters. The Labute approximate surface area is 48.2 Å². The van der Waals surface area contributed by atoms with Crippen LogP contribution in [0.25, 0.3) is 0 Å². The number of carbonyl (C=O) groups is 1. The van der Waals surface area contributed by atoms with Crippen LogP contribution in [-0.2, 0) is 4.79 Å². The summed E-state index contributed by atoms with van der Waals surface area (Å²) < 4.78 is 12.2. The maximum atomic E-state index is 12.2. The molecule has 0 bridgehead atoms. The minimum absolute atomic E-state index is 0.201. The van der Waals surface area contributed by atoms with Gasteiger partial charge in [0.05, 0.1) is 0 Å². The molecule has 0 aromatic carbocycles. The highest BCUT2D eigenvalue weighted by molar-refractivity contribution is 5.72. The number of rotatable bonds is 2. The zero-order valence-corrected chi connectivity index (χ0v) is 5.07. The fourth-order valence-corrected chi connectivity index (χ4v) is 0.343. The highest BCUT2D eigenvalue weighted by Gasteiger charge is 1.93. The Bertz CT molecular complexity index is 116. The first-order valence-electron chi connectivity index (χ1n) is 2.52. The molecule has 0 aliphatic heterocycles. The molecular weight excluding hydrogens is 107 g/mol. The van der Waals surface area contributed by atoms with Crippen molar-refractivity contribution in [1.82, 2.24) is 0 Å². The van der Waals surface area contributed by atoms with Gasteiger partial charge in [-0.25, -0.2) is 4.39 Å². The smallest absolute Gasteiger partial charge is 0.148 e. The summed E-state index contributed by atoms with van der Waals surface area (Å²) in [6, 6.07) is 0. The van der Waals surface area contributed by atoms with Gasteiger partial charge in [-0.05, 0) is 13.3 Å². The second-order valence-corrected chi connectivity index (χ2v) is 1.56. The van der Waals surface area contributed by atoms with Gasteiger partial charge in [0.15, 0.2) is 0 Å². The Kier molecular flexibility index (Phi) is 3.08. The van der Waals surface area contributed by atoms with Crippen molar-refractivity contribution in [2.24, 2.45) is 0 Å². The zero-order valence-electron chi connectivity index (χ0n) is 5.07. The van der Waals surface area contributed by atoms with Gasteiger partial charge in [0.25, 0.3) is 0 Å². The second-order valence-electron chi connectivity index (χ2n) is 1.56. The van der Waals surface area contributed by atoms with Gasteiger partial charge in [-0.3, -0.25) is 4.79 Å². The topological polar surface area (TPSA) is 17.1 Å². The minimum Gasteiger partial charge on any atom is -0.298 e. The van der Waals surface area contributed by atoms with Crippen LogP contribution in [0.3, 0.4) is 0 Å². The standard InChI is InChI=1S/C6H9FO/c1-3-6(7)5(2)4-8/h4H,3H2,1-2H3/b6-5-. The Balaban J connectivity index is 4.03. The third kappa shape index (κ3) is 1.87. The van der Waals surface area contributed by atoms with Crippen molar-refractivity contribution in [2.45, 2.75) is 20.3 Å². The van der Waals surface area contributed by atoms with Crippen LogP contribution < -0.4 is 0 Å². The van der Waals surface area contributed by atoms with Crippen molar-refractivity contribution in [1.29, 1.82) is 0 Å². The molecule has 0 fully saturated rings. The SMILES string of the molecule is CC/C(F)=C(\C)C=O.